The molecule has 8 nitrogen and oxygen atoms in total. The van der Waals surface area contributed by atoms with Gasteiger partial charge in [-0.05, 0) is 54.6 Å². The van der Waals surface area contributed by atoms with Crippen LogP contribution in [0.15, 0.2) is 82.2 Å². The van der Waals surface area contributed by atoms with Gasteiger partial charge in [-0.3, -0.25) is 14.4 Å². The fourth-order valence-electron chi connectivity index (χ4n) is 3.57. The SMILES string of the molecule is CN(C)c1ccc(C(=O)Nc2ccc(NC(=O)COc3ccc4c(=O)ccoc4c3)cc2C(F)(F)F)cc1. The number of fused-ring (bicyclic) bond motifs is 1. The van der Waals surface area contributed by atoms with E-state index in [0.29, 0.717) is 5.39 Å². The lowest BCUT2D eigenvalue weighted by Gasteiger charge is -2.16. The normalized spacial score (nSPS) is 11.2. The van der Waals surface area contributed by atoms with E-state index < -0.39 is 35.8 Å². The smallest absolute Gasteiger partial charge is 0.418 e. The molecular weight excluding hydrogens is 503 g/mol. The Morgan fingerprint density at radius 3 is 2.37 bits per heavy atom. The minimum atomic E-state index is -4.80. The zero-order valence-electron chi connectivity index (χ0n) is 20.3. The second kappa shape index (κ2) is 10.7. The molecule has 0 radical (unpaired) electrons. The molecule has 0 bridgehead atoms. The van der Waals surface area contributed by atoms with Gasteiger partial charge in [0, 0.05) is 43.2 Å². The van der Waals surface area contributed by atoms with E-state index in [-0.39, 0.29) is 28.0 Å². The number of hydrogen-bond donors (Lipinski definition) is 2. The Morgan fingerprint density at radius 2 is 1.68 bits per heavy atom. The van der Waals surface area contributed by atoms with Gasteiger partial charge in [0.05, 0.1) is 22.9 Å². The molecule has 38 heavy (non-hydrogen) atoms. The molecule has 3 aromatic carbocycles. The van der Waals surface area contributed by atoms with E-state index in [0.717, 1.165) is 17.8 Å². The number of carbonyl (C=O) groups is 2. The molecule has 0 aliphatic rings. The van der Waals surface area contributed by atoms with Crippen LogP contribution in [0.1, 0.15) is 15.9 Å². The van der Waals surface area contributed by atoms with Crippen molar-refractivity contribution in [2.24, 2.45) is 0 Å². The van der Waals surface area contributed by atoms with Gasteiger partial charge in [-0.25, -0.2) is 0 Å². The van der Waals surface area contributed by atoms with Crippen molar-refractivity contribution < 1.29 is 31.9 Å². The van der Waals surface area contributed by atoms with E-state index >= 15 is 0 Å². The largest absolute Gasteiger partial charge is 0.484 e. The Bertz CT molecular complexity index is 1550. The molecule has 2 N–H and O–H groups in total. The number of halogens is 3. The highest BCUT2D eigenvalue weighted by Gasteiger charge is 2.34. The summed E-state index contributed by atoms with van der Waals surface area (Å²) in [7, 11) is 3.64. The number of amides is 2. The maximum Gasteiger partial charge on any atom is 0.418 e. The van der Waals surface area contributed by atoms with Crippen LogP contribution in [0, 0.1) is 0 Å². The summed E-state index contributed by atoms with van der Waals surface area (Å²) in [6.07, 6.45) is -3.57. The molecule has 2 amide bonds. The van der Waals surface area contributed by atoms with E-state index in [2.05, 4.69) is 10.6 Å². The molecule has 0 saturated heterocycles. The number of benzene rings is 3. The number of ether oxygens (including phenoxy) is 1. The fraction of sp³-hybridized carbons (Fsp3) is 0.148. The van der Waals surface area contributed by atoms with Crippen LogP contribution in [0.5, 0.6) is 5.75 Å². The quantitative estimate of drug-likeness (QED) is 0.346. The lowest BCUT2D eigenvalue weighted by molar-refractivity contribution is -0.137. The van der Waals surface area contributed by atoms with Crippen LogP contribution in [-0.4, -0.2) is 32.5 Å². The summed E-state index contributed by atoms with van der Waals surface area (Å²) in [5.41, 5.74) is -0.677. The summed E-state index contributed by atoms with van der Waals surface area (Å²) in [6.45, 7) is -0.509. The van der Waals surface area contributed by atoms with E-state index in [1.54, 1.807) is 12.1 Å². The Morgan fingerprint density at radius 1 is 0.947 bits per heavy atom. The molecule has 11 heteroatoms. The van der Waals surface area contributed by atoms with E-state index in [1.807, 2.05) is 19.0 Å². The highest BCUT2D eigenvalue weighted by molar-refractivity contribution is 6.05. The maximum absolute atomic E-state index is 13.8. The summed E-state index contributed by atoms with van der Waals surface area (Å²) in [4.78, 5) is 38.5. The molecule has 0 unspecified atom stereocenters. The van der Waals surface area contributed by atoms with Gasteiger partial charge in [0.25, 0.3) is 11.8 Å². The lowest BCUT2D eigenvalue weighted by Crippen LogP contribution is -2.21. The second-order valence-electron chi connectivity index (χ2n) is 8.43. The van der Waals surface area contributed by atoms with Gasteiger partial charge in [0.1, 0.15) is 11.3 Å². The predicted octanol–water partition coefficient (Wildman–Crippen LogP) is 5.15. The number of rotatable bonds is 7. The van der Waals surface area contributed by atoms with Crippen molar-refractivity contribution >= 4 is 39.8 Å². The monoisotopic (exact) mass is 525 g/mol. The molecule has 0 aliphatic carbocycles. The molecule has 0 atom stereocenters. The molecule has 0 spiro atoms. The van der Waals surface area contributed by atoms with Gasteiger partial charge in [-0.1, -0.05) is 0 Å². The zero-order chi connectivity index (χ0) is 27.4. The Hall–Kier alpha value is -4.80. The first kappa shape index (κ1) is 26.3. The van der Waals surface area contributed by atoms with Gasteiger partial charge in [0.15, 0.2) is 12.0 Å². The second-order valence-corrected chi connectivity index (χ2v) is 8.43. The third kappa shape index (κ3) is 6.12. The molecule has 0 fully saturated rings. The number of nitrogens with one attached hydrogen (secondary N) is 2. The van der Waals surface area contributed by atoms with Crippen molar-refractivity contribution in [3.63, 3.8) is 0 Å². The van der Waals surface area contributed by atoms with Crippen molar-refractivity contribution in [3.8, 4) is 5.75 Å². The molecule has 1 heterocycles. The van der Waals surface area contributed by atoms with Crippen molar-refractivity contribution in [3.05, 3.63) is 94.3 Å². The van der Waals surface area contributed by atoms with Crippen molar-refractivity contribution in [1.82, 2.24) is 0 Å². The topological polar surface area (TPSA) is 101 Å². The maximum atomic E-state index is 13.8. The predicted molar refractivity (Wildman–Crippen MR) is 137 cm³/mol. The summed E-state index contributed by atoms with van der Waals surface area (Å²) in [5, 5.41) is 4.97. The summed E-state index contributed by atoms with van der Waals surface area (Å²) < 4.78 is 51.9. The van der Waals surface area contributed by atoms with E-state index in [9.17, 15) is 27.6 Å². The van der Waals surface area contributed by atoms with Gasteiger partial charge in [-0.2, -0.15) is 13.2 Å². The molecule has 4 rings (SSSR count). The Balaban J connectivity index is 1.44. The molecule has 0 saturated carbocycles. The van der Waals surface area contributed by atoms with Crippen LogP contribution in [0.4, 0.5) is 30.2 Å². The lowest BCUT2D eigenvalue weighted by atomic mass is 10.1. The minimum absolute atomic E-state index is 0.135. The first-order chi connectivity index (χ1) is 18.0. The van der Waals surface area contributed by atoms with Crippen LogP contribution in [0.2, 0.25) is 0 Å². The van der Waals surface area contributed by atoms with E-state index in [4.69, 9.17) is 9.15 Å². The molecule has 1 aromatic heterocycles. The van der Waals surface area contributed by atoms with Crippen molar-refractivity contribution in [2.45, 2.75) is 6.18 Å². The van der Waals surface area contributed by atoms with Crippen LogP contribution < -0.4 is 25.7 Å². The van der Waals surface area contributed by atoms with Gasteiger partial charge in [-0.15, -0.1) is 0 Å². The highest BCUT2D eigenvalue weighted by Crippen LogP contribution is 2.37. The van der Waals surface area contributed by atoms with Crippen LogP contribution in [-0.2, 0) is 11.0 Å². The van der Waals surface area contributed by atoms with Gasteiger partial charge < -0.3 is 24.7 Å². The summed E-state index contributed by atoms with van der Waals surface area (Å²) in [5.74, 6) is -1.20. The number of hydrogen-bond acceptors (Lipinski definition) is 6. The number of carbonyl (C=O) groups excluding carboxylic acids is 2. The molecular formula is C27H22F3N3O5. The minimum Gasteiger partial charge on any atom is -0.484 e. The number of alkyl halides is 3. The third-order valence-corrected chi connectivity index (χ3v) is 5.51. The average molecular weight is 525 g/mol. The number of nitrogens with zero attached hydrogens (tertiary/aromatic N) is 1. The highest BCUT2D eigenvalue weighted by atomic mass is 19.4. The summed E-state index contributed by atoms with van der Waals surface area (Å²) in [6, 6.07) is 15.1. The van der Waals surface area contributed by atoms with Crippen LogP contribution in [0.25, 0.3) is 11.0 Å². The standard InChI is InChI=1S/C27H22F3N3O5/c1-33(2)18-6-3-16(4-7-18)26(36)32-22-10-5-17(13-21(22)27(28,29)30)31-25(35)15-38-19-8-9-20-23(34)11-12-37-24(20)14-19/h3-14H,15H2,1-2H3,(H,31,35)(H,32,36). The fourth-order valence-corrected chi connectivity index (χ4v) is 3.57. The van der Waals surface area contributed by atoms with Gasteiger partial charge >= 0.3 is 6.18 Å². The van der Waals surface area contributed by atoms with Crippen LogP contribution >= 0.6 is 0 Å². The number of anilines is 3. The van der Waals surface area contributed by atoms with E-state index in [1.165, 1.54) is 48.7 Å². The first-order valence-electron chi connectivity index (χ1n) is 11.3. The van der Waals surface area contributed by atoms with Gasteiger partial charge in [0.2, 0.25) is 0 Å². The summed E-state index contributed by atoms with van der Waals surface area (Å²) >= 11 is 0. The average Bonchev–Trinajstić information content (AvgIpc) is 2.88. The molecule has 196 valence electrons. The Labute approximate surface area is 214 Å². The third-order valence-electron chi connectivity index (χ3n) is 5.51. The first-order valence-corrected chi connectivity index (χ1v) is 11.3. The molecule has 0 aliphatic heterocycles. The van der Waals surface area contributed by atoms with Crippen LogP contribution in [0.3, 0.4) is 0 Å². The Kier molecular flexibility index (Phi) is 7.38. The van der Waals surface area contributed by atoms with Crippen molar-refractivity contribution in [2.75, 3.05) is 36.2 Å². The molecule has 4 aromatic rings. The zero-order valence-corrected chi connectivity index (χ0v) is 20.3. The van der Waals surface area contributed by atoms with Crippen molar-refractivity contribution in [1.29, 1.82) is 0 Å².